The van der Waals surface area contributed by atoms with E-state index in [9.17, 15) is 4.79 Å². The zero-order valence-corrected chi connectivity index (χ0v) is 6.99. The topological polar surface area (TPSA) is 41.1 Å². The highest BCUT2D eigenvalue weighted by molar-refractivity contribution is 7.99. The summed E-state index contributed by atoms with van der Waals surface area (Å²) in [6, 6.07) is 0.311. The highest BCUT2D eigenvalue weighted by Gasteiger charge is 2.20. The van der Waals surface area contributed by atoms with E-state index in [-0.39, 0.29) is 11.4 Å². The fraction of sp³-hybridized carbons (Fsp3) is 0.833. The summed E-state index contributed by atoms with van der Waals surface area (Å²) < 4.78 is 0. The van der Waals surface area contributed by atoms with Gasteiger partial charge in [-0.3, -0.25) is 10.1 Å². The molecule has 2 N–H and O–H groups in total. The van der Waals surface area contributed by atoms with E-state index in [2.05, 4.69) is 10.6 Å². The number of thioether (sulfide) groups is 1. The quantitative estimate of drug-likeness (QED) is 0.573. The first-order valence-electron chi connectivity index (χ1n) is 3.30. The van der Waals surface area contributed by atoms with E-state index in [1.807, 2.05) is 13.2 Å². The minimum absolute atomic E-state index is 0.108. The Morgan fingerprint density at radius 1 is 1.70 bits per heavy atom. The summed E-state index contributed by atoms with van der Waals surface area (Å²) in [5.41, 5.74) is 0.108. The maximum Gasteiger partial charge on any atom is 0.223 e. The molecule has 0 aromatic rings. The first-order valence-corrected chi connectivity index (χ1v) is 4.59. The fourth-order valence-electron chi connectivity index (χ4n) is 0.969. The molecule has 1 amide bonds. The third-order valence-electron chi connectivity index (χ3n) is 1.46. The molecule has 0 spiro atoms. The van der Waals surface area contributed by atoms with Crippen molar-refractivity contribution in [1.29, 1.82) is 0 Å². The molecule has 58 valence electrons. The van der Waals surface area contributed by atoms with Crippen LogP contribution in [0.4, 0.5) is 0 Å². The summed E-state index contributed by atoms with van der Waals surface area (Å²) in [7, 11) is 0. The number of nitrogens with one attached hydrogen (secondary N) is 2. The van der Waals surface area contributed by atoms with Crippen LogP contribution in [0.5, 0.6) is 0 Å². The standard InChI is InChI=1S/C6H12N2OS/c1-4-3-5(9)8-6(7-4)10-2/h4,6-7H,3H2,1-2H3,(H,8,9). The highest BCUT2D eigenvalue weighted by Crippen LogP contribution is 2.07. The van der Waals surface area contributed by atoms with E-state index >= 15 is 0 Å². The molecule has 1 heterocycles. The lowest BCUT2D eigenvalue weighted by molar-refractivity contribution is -0.123. The second kappa shape index (κ2) is 3.25. The zero-order valence-electron chi connectivity index (χ0n) is 6.18. The predicted octanol–water partition coefficient (Wildman–Crippen LogP) is 0.131. The van der Waals surface area contributed by atoms with Gasteiger partial charge in [0.05, 0.1) is 0 Å². The van der Waals surface area contributed by atoms with Crippen molar-refractivity contribution in [3.05, 3.63) is 0 Å². The van der Waals surface area contributed by atoms with Gasteiger partial charge < -0.3 is 5.32 Å². The van der Waals surface area contributed by atoms with Crippen LogP contribution in [0.25, 0.3) is 0 Å². The Morgan fingerprint density at radius 3 is 2.90 bits per heavy atom. The summed E-state index contributed by atoms with van der Waals surface area (Å²) >= 11 is 1.61. The molecule has 3 nitrogen and oxygen atoms in total. The molecule has 1 saturated heterocycles. The average Bonchev–Trinajstić information content (AvgIpc) is 1.85. The van der Waals surface area contributed by atoms with E-state index in [4.69, 9.17) is 0 Å². The van der Waals surface area contributed by atoms with Crippen molar-refractivity contribution in [2.75, 3.05) is 6.26 Å². The molecule has 0 aliphatic carbocycles. The van der Waals surface area contributed by atoms with Crippen LogP contribution in [0.1, 0.15) is 13.3 Å². The van der Waals surface area contributed by atoms with Gasteiger partial charge in [-0.1, -0.05) is 0 Å². The lowest BCUT2D eigenvalue weighted by Gasteiger charge is -2.27. The number of carbonyl (C=O) groups excluding carboxylic acids is 1. The van der Waals surface area contributed by atoms with Crippen molar-refractivity contribution < 1.29 is 4.79 Å². The zero-order chi connectivity index (χ0) is 7.56. The maximum atomic E-state index is 10.9. The van der Waals surface area contributed by atoms with E-state index in [1.54, 1.807) is 11.8 Å². The van der Waals surface area contributed by atoms with Crippen LogP contribution in [0.15, 0.2) is 0 Å². The molecule has 1 fully saturated rings. The van der Waals surface area contributed by atoms with E-state index in [0.29, 0.717) is 12.5 Å². The Morgan fingerprint density at radius 2 is 2.40 bits per heavy atom. The Balaban J connectivity index is 2.42. The smallest absolute Gasteiger partial charge is 0.223 e. The number of amides is 1. The van der Waals surface area contributed by atoms with Gasteiger partial charge in [-0.15, -0.1) is 11.8 Å². The first-order chi connectivity index (χ1) is 4.72. The second-order valence-corrected chi connectivity index (χ2v) is 3.40. The molecule has 0 aromatic carbocycles. The van der Waals surface area contributed by atoms with Crippen LogP contribution < -0.4 is 10.6 Å². The van der Waals surface area contributed by atoms with Crippen LogP contribution in [0.3, 0.4) is 0 Å². The van der Waals surface area contributed by atoms with Gasteiger partial charge in [0.2, 0.25) is 5.91 Å². The third kappa shape index (κ3) is 1.88. The van der Waals surface area contributed by atoms with Gasteiger partial charge in [0.15, 0.2) is 0 Å². The van der Waals surface area contributed by atoms with Gasteiger partial charge >= 0.3 is 0 Å². The molecular weight excluding hydrogens is 148 g/mol. The number of hydrogen-bond acceptors (Lipinski definition) is 3. The Kier molecular flexibility index (Phi) is 2.56. The Bertz CT molecular complexity index is 140. The van der Waals surface area contributed by atoms with E-state index < -0.39 is 0 Å². The van der Waals surface area contributed by atoms with Gasteiger partial charge in [-0.2, -0.15) is 0 Å². The van der Waals surface area contributed by atoms with Crippen molar-refractivity contribution in [2.45, 2.75) is 24.9 Å². The Hall–Kier alpha value is -0.220. The van der Waals surface area contributed by atoms with Crippen LogP contribution in [0.2, 0.25) is 0 Å². The lowest BCUT2D eigenvalue weighted by Crippen LogP contribution is -2.53. The van der Waals surface area contributed by atoms with Crippen LogP contribution >= 0.6 is 11.8 Å². The number of carbonyl (C=O) groups is 1. The summed E-state index contributed by atoms with van der Waals surface area (Å²) in [5.74, 6) is 0.144. The van der Waals surface area contributed by atoms with Crippen molar-refractivity contribution in [2.24, 2.45) is 0 Å². The first kappa shape index (κ1) is 7.88. The van der Waals surface area contributed by atoms with Gasteiger partial charge in [0.1, 0.15) is 5.50 Å². The van der Waals surface area contributed by atoms with Crippen molar-refractivity contribution in [3.8, 4) is 0 Å². The van der Waals surface area contributed by atoms with Crippen LogP contribution in [0, 0.1) is 0 Å². The Labute approximate surface area is 64.9 Å². The molecule has 4 heteroatoms. The minimum Gasteiger partial charge on any atom is -0.332 e. The van der Waals surface area contributed by atoms with Gasteiger partial charge in [0, 0.05) is 12.5 Å². The second-order valence-electron chi connectivity index (χ2n) is 2.46. The van der Waals surface area contributed by atoms with Crippen LogP contribution in [-0.2, 0) is 4.79 Å². The van der Waals surface area contributed by atoms with Crippen LogP contribution in [-0.4, -0.2) is 23.7 Å². The number of rotatable bonds is 1. The third-order valence-corrected chi connectivity index (χ3v) is 2.18. The molecule has 1 rings (SSSR count). The van der Waals surface area contributed by atoms with E-state index in [1.165, 1.54) is 0 Å². The average molecular weight is 160 g/mol. The predicted molar refractivity (Wildman–Crippen MR) is 42.7 cm³/mol. The molecule has 0 saturated carbocycles. The fourth-order valence-corrected chi connectivity index (χ4v) is 1.59. The summed E-state index contributed by atoms with van der Waals surface area (Å²) in [6.07, 6.45) is 2.56. The van der Waals surface area contributed by atoms with Gasteiger partial charge in [-0.25, -0.2) is 0 Å². The summed E-state index contributed by atoms with van der Waals surface area (Å²) in [6.45, 7) is 2.02. The summed E-state index contributed by atoms with van der Waals surface area (Å²) in [5, 5.41) is 6.04. The molecule has 0 bridgehead atoms. The molecule has 2 atom stereocenters. The molecule has 10 heavy (non-hydrogen) atoms. The van der Waals surface area contributed by atoms with Gasteiger partial charge in [-0.05, 0) is 13.2 Å². The summed E-state index contributed by atoms with van der Waals surface area (Å²) in [4.78, 5) is 10.9. The van der Waals surface area contributed by atoms with Crippen molar-refractivity contribution in [1.82, 2.24) is 10.6 Å². The highest BCUT2D eigenvalue weighted by atomic mass is 32.2. The molecule has 0 radical (unpaired) electrons. The normalized spacial score (nSPS) is 33.6. The minimum atomic E-state index is 0.108. The maximum absolute atomic E-state index is 10.9. The number of hydrogen-bond donors (Lipinski definition) is 2. The molecule has 0 aromatic heterocycles. The largest absolute Gasteiger partial charge is 0.332 e. The van der Waals surface area contributed by atoms with Crippen molar-refractivity contribution in [3.63, 3.8) is 0 Å². The lowest BCUT2D eigenvalue weighted by atomic mass is 10.2. The molecule has 1 aliphatic heterocycles. The van der Waals surface area contributed by atoms with E-state index in [0.717, 1.165) is 0 Å². The van der Waals surface area contributed by atoms with Gasteiger partial charge in [0.25, 0.3) is 0 Å². The SMILES string of the molecule is CSC1NC(=O)CC(C)N1. The monoisotopic (exact) mass is 160 g/mol. The van der Waals surface area contributed by atoms with Crippen molar-refractivity contribution >= 4 is 17.7 Å². The molecule has 1 aliphatic rings. The molecule has 2 unspecified atom stereocenters. The molecular formula is C6H12N2OS.